The van der Waals surface area contributed by atoms with E-state index in [9.17, 15) is 4.39 Å². The van der Waals surface area contributed by atoms with Crippen molar-refractivity contribution in [1.29, 1.82) is 0 Å². The highest BCUT2D eigenvalue weighted by Gasteiger charge is 2.22. The van der Waals surface area contributed by atoms with Gasteiger partial charge in [0.15, 0.2) is 0 Å². The molecule has 2 aromatic rings. The van der Waals surface area contributed by atoms with Crippen molar-refractivity contribution >= 4 is 5.69 Å². The molecule has 0 aliphatic rings. The van der Waals surface area contributed by atoms with Gasteiger partial charge in [0, 0.05) is 12.2 Å². The molecule has 2 atom stereocenters. The summed E-state index contributed by atoms with van der Waals surface area (Å²) in [5.41, 5.74) is 3.26. The van der Waals surface area contributed by atoms with Crippen molar-refractivity contribution in [2.75, 3.05) is 11.9 Å². The van der Waals surface area contributed by atoms with Crippen molar-refractivity contribution in [2.24, 2.45) is 16.7 Å². The molecule has 0 bridgehead atoms. The van der Waals surface area contributed by atoms with Gasteiger partial charge in [-0.15, -0.1) is 0 Å². The second-order valence-electron chi connectivity index (χ2n) is 11.3. The lowest BCUT2D eigenvalue weighted by Gasteiger charge is -2.29. The highest BCUT2D eigenvalue weighted by atomic mass is 19.1. The Bertz CT molecular complexity index is 747. The maximum atomic E-state index is 13.2. The van der Waals surface area contributed by atoms with E-state index in [2.05, 4.69) is 70.3 Å². The van der Waals surface area contributed by atoms with E-state index in [0.29, 0.717) is 16.7 Å². The van der Waals surface area contributed by atoms with Gasteiger partial charge in [-0.2, -0.15) is 0 Å². The van der Waals surface area contributed by atoms with Crippen molar-refractivity contribution in [3.63, 3.8) is 0 Å². The molecule has 0 aromatic heterocycles. The van der Waals surface area contributed by atoms with Crippen LogP contribution in [0, 0.1) is 22.6 Å². The summed E-state index contributed by atoms with van der Waals surface area (Å²) in [6.07, 6.45) is 11.3. The van der Waals surface area contributed by atoms with Crippen LogP contribution in [0.3, 0.4) is 0 Å². The van der Waals surface area contributed by atoms with Gasteiger partial charge in [-0.3, -0.25) is 0 Å². The van der Waals surface area contributed by atoms with Gasteiger partial charge >= 0.3 is 0 Å². The monoisotopic (exact) mass is 439 g/mol. The number of rotatable bonds is 14. The minimum absolute atomic E-state index is 0.174. The second-order valence-corrected chi connectivity index (χ2v) is 11.3. The zero-order valence-corrected chi connectivity index (χ0v) is 21.2. The molecule has 1 nitrogen and oxygen atoms in total. The van der Waals surface area contributed by atoms with E-state index in [1.807, 2.05) is 12.1 Å². The van der Waals surface area contributed by atoms with Crippen LogP contribution in [0.15, 0.2) is 54.6 Å². The summed E-state index contributed by atoms with van der Waals surface area (Å²) in [5.74, 6) is 0.496. The van der Waals surface area contributed by atoms with Crippen LogP contribution in [-0.2, 0) is 6.42 Å². The van der Waals surface area contributed by atoms with Crippen LogP contribution in [0.2, 0.25) is 0 Å². The van der Waals surface area contributed by atoms with Crippen LogP contribution >= 0.6 is 0 Å². The minimum atomic E-state index is -0.174. The summed E-state index contributed by atoms with van der Waals surface area (Å²) >= 11 is 0. The zero-order valence-electron chi connectivity index (χ0n) is 21.2. The van der Waals surface area contributed by atoms with Crippen molar-refractivity contribution < 1.29 is 4.39 Å². The fourth-order valence-corrected chi connectivity index (χ4v) is 4.56. The Labute approximate surface area is 197 Å². The molecular weight excluding hydrogens is 393 g/mol. The van der Waals surface area contributed by atoms with Gasteiger partial charge in [0.2, 0.25) is 0 Å². The van der Waals surface area contributed by atoms with E-state index in [0.717, 1.165) is 12.2 Å². The predicted octanol–water partition coefficient (Wildman–Crippen LogP) is 9.29. The zero-order chi connectivity index (χ0) is 23.5. The van der Waals surface area contributed by atoms with Gasteiger partial charge in [0.05, 0.1) is 0 Å². The summed E-state index contributed by atoms with van der Waals surface area (Å²) in [4.78, 5) is 0. The summed E-state index contributed by atoms with van der Waals surface area (Å²) in [7, 11) is 0. The third-order valence-corrected chi connectivity index (χ3v) is 6.95. The molecular formula is C30H46FN. The van der Waals surface area contributed by atoms with E-state index in [4.69, 9.17) is 0 Å². The van der Waals surface area contributed by atoms with Gasteiger partial charge in [-0.1, -0.05) is 90.6 Å². The Morgan fingerprint density at radius 2 is 1.47 bits per heavy atom. The minimum Gasteiger partial charge on any atom is -0.385 e. The average Bonchev–Trinajstić information content (AvgIpc) is 2.75. The summed E-state index contributed by atoms with van der Waals surface area (Å²) < 4.78 is 13.2. The first-order valence-electron chi connectivity index (χ1n) is 12.7. The largest absolute Gasteiger partial charge is 0.385 e. The Morgan fingerprint density at radius 1 is 0.812 bits per heavy atom. The summed E-state index contributed by atoms with van der Waals surface area (Å²) in [5, 5.41) is 3.55. The molecule has 32 heavy (non-hydrogen) atoms. The lowest BCUT2D eigenvalue weighted by atomic mass is 9.76. The average molecular weight is 440 g/mol. The molecule has 0 heterocycles. The van der Waals surface area contributed by atoms with Crippen molar-refractivity contribution in [1.82, 2.24) is 0 Å². The van der Waals surface area contributed by atoms with Crippen LogP contribution < -0.4 is 5.32 Å². The normalized spacial score (nSPS) is 14.7. The highest BCUT2D eigenvalue weighted by molar-refractivity contribution is 5.42. The lowest BCUT2D eigenvalue weighted by molar-refractivity contribution is 0.265. The molecule has 0 saturated heterocycles. The van der Waals surface area contributed by atoms with E-state index in [1.165, 1.54) is 75.5 Å². The van der Waals surface area contributed by atoms with E-state index < -0.39 is 0 Å². The molecule has 0 aliphatic heterocycles. The van der Waals surface area contributed by atoms with Crippen molar-refractivity contribution in [2.45, 2.75) is 92.4 Å². The van der Waals surface area contributed by atoms with Crippen LogP contribution in [-0.4, -0.2) is 6.54 Å². The number of halogens is 1. The number of benzene rings is 2. The molecule has 178 valence electrons. The van der Waals surface area contributed by atoms with Gasteiger partial charge in [0.25, 0.3) is 0 Å². The van der Waals surface area contributed by atoms with Gasteiger partial charge in [-0.25, -0.2) is 4.39 Å². The van der Waals surface area contributed by atoms with E-state index in [-0.39, 0.29) is 5.82 Å². The molecule has 0 amide bonds. The standard InChI is InChI=1S/C30H46FN/c1-6-30(5,23-25-13-8-7-9-14-25)22-11-10-15-26(16-12-21-29(2,3)4)24-32-28-19-17-27(31)18-20-28/h7-9,13-14,17-20,26,32H,6,10-12,15-16,21-24H2,1-5H3. The van der Waals surface area contributed by atoms with Crippen molar-refractivity contribution in [3.8, 4) is 0 Å². The first-order valence-corrected chi connectivity index (χ1v) is 12.7. The lowest BCUT2D eigenvalue weighted by Crippen LogP contribution is -2.19. The molecule has 0 saturated carbocycles. The summed E-state index contributed by atoms with van der Waals surface area (Å²) in [6, 6.07) is 17.7. The Morgan fingerprint density at radius 3 is 2.09 bits per heavy atom. The van der Waals surface area contributed by atoms with E-state index >= 15 is 0 Å². The molecule has 2 heteroatoms. The maximum absolute atomic E-state index is 13.2. The third kappa shape index (κ3) is 10.7. The van der Waals surface area contributed by atoms with Crippen LogP contribution in [0.4, 0.5) is 10.1 Å². The Balaban J connectivity index is 1.83. The molecule has 0 fully saturated rings. The summed E-state index contributed by atoms with van der Waals surface area (Å²) in [6.45, 7) is 12.8. The number of nitrogens with one attached hydrogen (secondary N) is 1. The number of unbranched alkanes of at least 4 members (excludes halogenated alkanes) is 1. The Hall–Kier alpha value is -1.83. The van der Waals surface area contributed by atoms with E-state index in [1.54, 1.807) is 0 Å². The smallest absolute Gasteiger partial charge is 0.123 e. The first-order chi connectivity index (χ1) is 15.2. The maximum Gasteiger partial charge on any atom is 0.123 e. The first kappa shape index (κ1) is 26.4. The van der Waals surface area contributed by atoms with Crippen LogP contribution in [0.25, 0.3) is 0 Å². The van der Waals surface area contributed by atoms with Gasteiger partial charge in [-0.05, 0) is 78.7 Å². The fourth-order valence-electron chi connectivity index (χ4n) is 4.56. The molecule has 0 radical (unpaired) electrons. The Kier molecular flexibility index (Phi) is 10.7. The van der Waals surface area contributed by atoms with Gasteiger partial charge in [0.1, 0.15) is 5.82 Å². The molecule has 2 unspecified atom stereocenters. The molecule has 0 aliphatic carbocycles. The van der Waals surface area contributed by atoms with Gasteiger partial charge < -0.3 is 5.32 Å². The predicted molar refractivity (Wildman–Crippen MR) is 139 cm³/mol. The SMILES string of the molecule is CCC(C)(CCCCC(CCCC(C)(C)C)CNc1ccc(F)cc1)Cc1ccccc1. The topological polar surface area (TPSA) is 12.0 Å². The highest BCUT2D eigenvalue weighted by Crippen LogP contribution is 2.33. The van der Waals surface area contributed by atoms with Crippen LogP contribution in [0.1, 0.15) is 91.5 Å². The number of hydrogen-bond donors (Lipinski definition) is 1. The quantitative estimate of drug-likeness (QED) is 0.289. The second kappa shape index (κ2) is 13.0. The number of anilines is 1. The number of hydrogen-bond acceptors (Lipinski definition) is 1. The molecule has 2 aromatic carbocycles. The molecule has 2 rings (SSSR count). The third-order valence-electron chi connectivity index (χ3n) is 6.95. The van der Waals surface area contributed by atoms with Crippen molar-refractivity contribution in [3.05, 3.63) is 66.0 Å². The molecule has 0 spiro atoms. The fraction of sp³-hybridized carbons (Fsp3) is 0.600. The van der Waals surface area contributed by atoms with Crippen LogP contribution in [0.5, 0.6) is 0 Å². The molecule has 1 N–H and O–H groups in total.